The molecule has 7 nitrogen and oxygen atoms in total. The average Bonchev–Trinajstić information content (AvgIpc) is 3.08. The maximum Gasteiger partial charge on any atom is 0.407 e. The van der Waals surface area contributed by atoms with Crippen LogP contribution in [0.5, 0.6) is 0 Å². The number of nitrogens with zero attached hydrogens (tertiary/aromatic N) is 1. The summed E-state index contributed by atoms with van der Waals surface area (Å²) in [5.74, 6) is -0.634. The van der Waals surface area contributed by atoms with E-state index in [4.69, 9.17) is 4.74 Å². The molecule has 0 spiro atoms. The molecule has 8 heteroatoms. The molecule has 2 aromatic carbocycles. The predicted molar refractivity (Wildman–Crippen MR) is 132 cm³/mol. The lowest BCUT2D eigenvalue weighted by Gasteiger charge is -2.29. The maximum absolute atomic E-state index is 13.7. The van der Waals surface area contributed by atoms with Gasteiger partial charge >= 0.3 is 6.09 Å². The molecular formula is C27H36FN3O4. The number of aliphatic hydroxyl groups excluding tert-OH is 1. The first kappa shape index (κ1) is 26.6. The second kappa shape index (κ2) is 11.2. The van der Waals surface area contributed by atoms with E-state index in [1.54, 1.807) is 37.8 Å². The Bertz CT molecular complexity index is 1010. The van der Waals surface area contributed by atoms with Crippen molar-refractivity contribution < 1.29 is 23.8 Å². The Morgan fingerprint density at radius 1 is 1.14 bits per heavy atom. The highest BCUT2D eigenvalue weighted by molar-refractivity contribution is 5.85. The average molecular weight is 486 g/mol. The zero-order valence-corrected chi connectivity index (χ0v) is 21.0. The number of halogens is 1. The molecule has 4 atom stereocenters. The lowest BCUT2D eigenvalue weighted by atomic mass is 9.96. The van der Waals surface area contributed by atoms with E-state index in [0.717, 1.165) is 5.56 Å². The van der Waals surface area contributed by atoms with Crippen molar-refractivity contribution in [2.24, 2.45) is 5.92 Å². The number of aliphatic hydroxyl groups is 1. The van der Waals surface area contributed by atoms with Crippen LogP contribution in [0.2, 0.25) is 0 Å². The smallest absolute Gasteiger partial charge is 0.407 e. The fraction of sp³-hybridized carbons (Fsp3) is 0.481. The summed E-state index contributed by atoms with van der Waals surface area (Å²) in [6, 6.07) is 13.8. The van der Waals surface area contributed by atoms with Crippen LogP contribution in [0.1, 0.15) is 45.7 Å². The highest BCUT2D eigenvalue weighted by Gasteiger charge is 2.46. The topological polar surface area (TPSA) is 90.9 Å². The van der Waals surface area contributed by atoms with Crippen LogP contribution in [0.4, 0.5) is 9.18 Å². The molecule has 3 rings (SSSR count). The summed E-state index contributed by atoms with van der Waals surface area (Å²) in [6.45, 7) is 9.42. The Hall–Kier alpha value is -2.97. The number of carbonyl (C=O) groups is 2. The quantitative estimate of drug-likeness (QED) is 0.532. The maximum atomic E-state index is 13.7. The number of alkyl carbamates (subject to hydrolysis) is 1. The highest BCUT2D eigenvalue weighted by Crippen LogP contribution is 2.24. The molecule has 0 aromatic heterocycles. The first-order valence-electron chi connectivity index (χ1n) is 12.0. The van der Waals surface area contributed by atoms with Crippen molar-refractivity contribution in [2.45, 2.75) is 77.5 Å². The molecule has 2 aromatic rings. The SMILES string of the molecule is CC(C)C1N[C@@H]([C@H](O)[C@H](Cc2ccccc2)NC(=O)OC(C)(C)C)C(=O)N1Cc1cccc(F)c1. The summed E-state index contributed by atoms with van der Waals surface area (Å²) in [6.07, 6.45) is -1.94. The van der Waals surface area contributed by atoms with E-state index >= 15 is 0 Å². The summed E-state index contributed by atoms with van der Waals surface area (Å²) in [5.41, 5.74) is 0.849. The van der Waals surface area contributed by atoms with Gasteiger partial charge in [-0.05, 0) is 56.4 Å². The molecule has 0 bridgehead atoms. The van der Waals surface area contributed by atoms with E-state index in [2.05, 4.69) is 10.6 Å². The van der Waals surface area contributed by atoms with Crippen molar-refractivity contribution in [3.05, 3.63) is 71.5 Å². The molecule has 1 unspecified atom stereocenters. The van der Waals surface area contributed by atoms with Crippen molar-refractivity contribution in [2.75, 3.05) is 0 Å². The van der Waals surface area contributed by atoms with E-state index in [0.29, 0.717) is 12.0 Å². The van der Waals surface area contributed by atoms with E-state index in [-0.39, 0.29) is 30.4 Å². The Kier molecular flexibility index (Phi) is 8.51. The summed E-state index contributed by atoms with van der Waals surface area (Å²) in [4.78, 5) is 27.7. The zero-order chi connectivity index (χ0) is 25.8. The molecule has 3 N–H and O–H groups in total. The number of ether oxygens (including phenoxy) is 1. The van der Waals surface area contributed by atoms with Gasteiger partial charge in [0, 0.05) is 6.54 Å². The largest absolute Gasteiger partial charge is 0.444 e. The predicted octanol–water partition coefficient (Wildman–Crippen LogP) is 3.61. The molecule has 1 heterocycles. The number of hydrogen-bond acceptors (Lipinski definition) is 5. The van der Waals surface area contributed by atoms with Gasteiger partial charge in [0.1, 0.15) is 17.5 Å². The third-order valence-corrected chi connectivity index (χ3v) is 5.86. The van der Waals surface area contributed by atoms with Gasteiger partial charge in [0.15, 0.2) is 0 Å². The van der Waals surface area contributed by atoms with Crippen LogP contribution < -0.4 is 10.6 Å². The number of nitrogens with one attached hydrogen (secondary N) is 2. The number of carbonyl (C=O) groups excluding carboxylic acids is 2. The molecular weight excluding hydrogens is 449 g/mol. The minimum Gasteiger partial charge on any atom is -0.444 e. The van der Waals surface area contributed by atoms with Gasteiger partial charge in [0.25, 0.3) is 0 Å². The molecule has 2 amide bonds. The number of hydrogen-bond donors (Lipinski definition) is 3. The summed E-state index contributed by atoms with van der Waals surface area (Å²) in [5, 5.41) is 17.4. The van der Waals surface area contributed by atoms with Gasteiger partial charge in [-0.15, -0.1) is 0 Å². The summed E-state index contributed by atoms with van der Waals surface area (Å²) in [7, 11) is 0. The minimum atomic E-state index is -1.23. The Morgan fingerprint density at radius 2 is 1.80 bits per heavy atom. The molecule has 1 aliphatic heterocycles. The Balaban J connectivity index is 1.83. The monoisotopic (exact) mass is 485 g/mol. The molecule has 0 aliphatic carbocycles. The lowest BCUT2D eigenvalue weighted by molar-refractivity contribution is -0.133. The molecule has 1 fully saturated rings. The zero-order valence-electron chi connectivity index (χ0n) is 21.0. The van der Waals surface area contributed by atoms with E-state index in [1.165, 1.54) is 12.1 Å². The summed E-state index contributed by atoms with van der Waals surface area (Å²) >= 11 is 0. The lowest BCUT2D eigenvalue weighted by Crippen LogP contribution is -2.55. The molecule has 1 aliphatic rings. The van der Waals surface area contributed by atoms with Gasteiger partial charge in [0.2, 0.25) is 5.91 Å². The van der Waals surface area contributed by atoms with E-state index < -0.39 is 29.9 Å². The number of amides is 2. The second-order valence-corrected chi connectivity index (χ2v) is 10.4. The standard InChI is InChI=1S/C27H36FN3O4/c1-17(2)24-30-22(25(33)31(24)16-19-12-9-13-20(28)14-19)23(32)21(15-18-10-7-6-8-11-18)29-26(34)35-27(3,4)5/h6-14,17,21-24,30,32H,15-16H2,1-5H3,(H,29,34)/t21-,22-,23+,24?/m0/s1. The van der Waals surface area contributed by atoms with Crippen molar-refractivity contribution >= 4 is 12.0 Å². The third-order valence-electron chi connectivity index (χ3n) is 5.86. The molecule has 0 radical (unpaired) electrons. The Morgan fingerprint density at radius 3 is 2.40 bits per heavy atom. The molecule has 35 heavy (non-hydrogen) atoms. The number of rotatable bonds is 8. The van der Waals surface area contributed by atoms with Gasteiger partial charge in [-0.3, -0.25) is 10.1 Å². The highest BCUT2D eigenvalue weighted by atomic mass is 19.1. The van der Waals surface area contributed by atoms with E-state index in [9.17, 15) is 19.1 Å². The fourth-order valence-electron chi connectivity index (χ4n) is 4.28. The third kappa shape index (κ3) is 7.26. The van der Waals surface area contributed by atoms with Gasteiger partial charge < -0.3 is 20.1 Å². The van der Waals surface area contributed by atoms with Crippen LogP contribution >= 0.6 is 0 Å². The first-order valence-corrected chi connectivity index (χ1v) is 12.0. The molecule has 0 saturated carbocycles. The molecule has 1 saturated heterocycles. The van der Waals surface area contributed by atoms with Crippen LogP contribution in [0.3, 0.4) is 0 Å². The van der Waals surface area contributed by atoms with Crippen molar-refractivity contribution in [3.8, 4) is 0 Å². The van der Waals surface area contributed by atoms with E-state index in [1.807, 2.05) is 44.2 Å². The minimum absolute atomic E-state index is 0.0381. The van der Waals surface area contributed by atoms with Crippen LogP contribution in [0, 0.1) is 11.7 Å². The van der Waals surface area contributed by atoms with Crippen LogP contribution in [-0.4, -0.2) is 52.0 Å². The van der Waals surface area contributed by atoms with Crippen LogP contribution in [-0.2, 0) is 22.5 Å². The fourth-order valence-corrected chi connectivity index (χ4v) is 4.28. The van der Waals surface area contributed by atoms with Gasteiger partial charge in [-0.1, -0.05) is 56.3 Å². The van der Waals surface area contributed by atoms with Gasteiger partial charge in [0.05, 0.1) is 18.3 Å². The van der Waals surface area contributed by atoms with Crippen molar-refractivity contribution in [1.29, 1.82) is 0 Å². The van der Waals surface area contributed by atoms with Crippen molar-refractivity contribution in [1.82, 2.24) is 15.5 Å². The normalized spacial score (nSPS) is 20.1. The van der Waals surface area contributed by atoms with Gasteiger partial charge in [-0.2, -0.15) is 0 Å². The van der Waals surface area contributed by atoms with Crippen LogP contribution in [0.25, 0.3) is 0 Å². The second-order valence-electron chi connectivity index (χ2n) is 10.4. The number of benzene rings is 2. The van der Waals surface area contributed by atoms with Gasteiger partial charge in [-0.25, -0.2) is 9.18 Å². The summed E-state index contributed by atoms with van der Waals surface area (Å²) < 4.78 is 19.1. The Labute approximate surface area is 206 Å². The van der Waals surface area contributed by atoms with Crippen LogP contribution in [0.15, 0.2) is 54.6 Å². The first-order chi connectivity index (χ1) is 16.4. The van der Waals surface area contributed by atoms with Crippen molar-refractivity contribution in [3.63, 3.8) is 0 Å². The molecule has 190 valence electrons.